The molecule has 0 aliphatic carbocycles. The summed E-state index contributed by atoms with van der Waals surface area (Å²) in [5.74, 6) is 1.52. The third-order valence-corrected chi connectivity index (χ3v) is 4.83. The predicted molar refractivity (Wildman–Crippen MR) is 99.5 cm³/mol. The van der Waals surface area contributed by atoms with Gasteiger partial charge in [-0.15, -0.1) is 0 Å². The van der Waals surface area contributed by atoms with Crippen molar-refractivity contribution in [3.8, 4) is 5.75 Å². The molecule has 0 bridgehead atoms. The lowest BCUT2D eigenvalue weighted by Gasteiger charge is -2.26. The average molecular weight is 369 g/mol. The van der Waals surface area contributed by atoms with E-state index in [9.17, 15) is 4.79 Å². The SMILES string of the molecule is COc1ccc(CNC(=O)N2Cc3cnc(N4CCOCC4)nc3C2)cc1. The van der Waals surface area contributed by atoms with Crippen LogP contribution in [0.3, 0.4) is 0 Å². The highest BCUT2D eigenvalue weighted by Gasteiger charge is 2.26. The van der Waals surface area contributed by atoms with E-state index in [2.05, 4.69) is 20.2 Å². The van der Waals surface area contributed by atoms with Crippen LogP contribution < -0.4 is 15.0 Å². The second-order valence-corrected chi connectivity index (χ2v) is 6.60. The minimum Gasteiger partial charge on any atom is -0.497 e. The molecule has 0 saturated carbocycles. The Bertz CT molecular complexity index is 805. The number of urea groups is 1. The molecule has 0 atom stereocenters. The zero-order chi connectivity index (χ0) is 18.6. The van der Waals surface area contributed by atoms with E-state index in [1.807, 2.05) is 30.5 Å². The Labute approximate surface area is 158 Å². The van der Waals surface area contributed by atoms with Crippen LogP contribution in [-0.4, -0.2) is 54.3 Å². The molecule has 3 heterocycles. The number of carbonyl (C=O) groups is 1. The summed E-state index contributed by atoms with van der Waals surface area (Å²) < 4.78 is 10.5. The second-order valence-electron chi connectivity index (χ2n) is 6.60. The number of hydrogen-bond acceptors (Lipinski definition) is 6. The zero-order valence-corrected chi connectivity index (χ0v) is 15.4. The van der Waals surface area contributed by atoms with Gasteiger partial charge in [-0.1, -0.05) is 12.1 Å². The van der Waals surface area contributed by atoms with Crippen LogP contribution in [-0.2, 0) is 24.4 Å². The Kier molecular flexibility index (Phi) is 5.06. The van der Waals surface area contributed by atoms with E-state index in [-0.39, 0.29) is 6.03 Å². The zero-order valence-electron chi connectivity index (χ0n) is 15.4. The molecule has 1 aromatic carbocycles. The molecule has 0 spiro atoms. The van der Waals surface area contributed by atoms with Gasteiger partial charge in [0.2, 0.25) is 5.95 Å². The van der Waals surface area contributed by atoms with Gasteiger partial charge in [0, 0.05) is 31.4 Å². The maximum atomic E-state index is 12.5. The number of aromatic nitrogens is 2. The smallest absolute Gasteiger partial charge is 0.318 e. The van der Waals surface area contributed by atoms with Crippen LogP contribution in [0.4, 0.5) is 10.7 Å². The van der Waals surface area contributed by atoms with E-state index in [1.165, 1.54) is 0 Å². The molecular formula is C19H23N5O3. The summed E-state index contributed by atoms with van der Waals surface area (Å²) >= 11 is 0. The molecule has 0 unspecified atom stereocenters. The van der Waals surface area contributed by atoms with Crippen LogP contribution in [0.1, 0.15) is 16.8 Å². The normalized spacial score (nSPS) is 16.2. The summed E-state index contributed by atoms with van der Waals surface area (Å²) in [5.41, 5.74) is 2.95. The van der Waals surface area contributed by atoms with E-state index in [0.29, 0.717) is 32.8 Å². The fourth-order valence-electron chi connectivity index (χ4n) is 3.24. The van der Waals surface area contributed by atoms with Crippen molar-refractivity contribution in [2.45, 2.75) is 19.6 Å². The number of nitrogens with one attached hydrogen (secondary N) is 1. The highest BCUT2D eigenvalue weighted by atomic mass is 16.5. The minimum absolute atomic E-state index is 0.100. The summed E-state index contributed by atoms with van der Waals surface area (Å²) in [6.07, 6.45) is 1.84. The molecule has 142 valence electrons. The summed E-state index contributed by atoms with van der Waals surface area (Å²) in [6, 6.07) is 7.55. The topological polar surface area (TPSA) is 79.8 Å². The maximum Gasteiger partial charge on any atom is 0.318 e. The molecular weight excluding hydrogens is 346 g/mol. The molecule has 2 aliphatic rings. The number of methoxy groups -OCH3 is 1. The van der Waals surface area contributed by atoms with Gasteiger partial charge in [0.1, 0.15) is 5.75 Å². The fraction of sp³-hybridized carbons (Fsp3) is 0.421. The van der Waals surface area contributed by atoms with Gasteiger partial charge >= 0.3 is 6.03 Å². The molecule has 0 radical (unpaired) electrons. The number of carbonyl (C=O) groups excluding carboxylic acids is 1. The summed E-state index contributed by atoms with van der Waals surface area (Å²) in [6.45, 7) is 4.49. The van der Waals surface area contributed by atoms with Crippen molar-refractivity contribution < 1.29 is 14.3 Å². The van der Waals surface area contributed by atoms with Crippen molar-refractivity contribution in [3.63, 3.8) is 0 Å². The van der Waals surface area contributed by atoms with Crippen molar-refractivity contribution in [1.29, 1.82) is 0 Å². The van der Waals surface area contributed by atoms with Gasteiger partial charge in [0.05, 0.1) is 39.1 Å². The number of amides is 2. The number of anilines is 1. The van der Waals surface area contributed by atoms with Gasteiger partial charge in [-0.2, -0.15) is 0 Å². The van der Waals surface area contributed by atoms with Crippen LogP contribution in [0.25, 0.3) is 0 Å². The van der Waals surface area contributed by atoms with E-state index < -0.39 is 0 Å². The number of benzene rings is 1. The second kappa shape index (κ2) is 7.79. The molecule has 8 nitrogen and oxygen atoms in total. The van der Waals surface area contributed by atoms with Crippen LogP contribution >= 0.6 is 0 Å². The summed E-state index contributed by atoms with van der Waals surface area (Å²) in [5, 5.41) is 2.96. The lowest BCUT2D eigenvalue weighted by atomic mass is 10.2. The molecule has 2 aliphatic heterocycles. The van der Waals surface area contributed by atoms with Crippen molar-refractivity contribution in [1.82, 2.24) is 20.2 Å². The number of hydrogen-bond donors (Lipinski definition) is 1. The molecule has 1 fully saturated rings. The highest BCUT2D eigenvalue weighted by Crippen LogP contribution is 2.23. The number of rotatable bonds is 4. The first-order chi connectivity index (χ1) is 13.2. The van der Waals surface area contributed by atoms with Crippen LogP contribution in [0.15, 0.2) is 30.5 Å². The van der Waals surface area contributed by atoms with Gasteiger partial charge in [0.25, 0.3) is 0 Å². The molecule has 1 N–H and O–H groups in total. The lowest BCUT2D eigenvalue weighted by Crippen LogP contribution is -2.37. The Morgan fingerprint density at radius 3 is 2.74 bits per heavy atom. The number of ether oxygens (including phenoxy) is 2. The maximum absolute atomic E-state index is 12.5. The average Bonchev–Trinajstić information content (AvgIpc) is 3.16. The first-order valence-electron chi connectivity index (χ1n) is 9.06. The standard InChI is InChI=1S/C19H23N5O3/c1-26-16-4-2-14(3-5-16)10-21-19(25)24-12-15-11-20-18(22-17(15)13-24)23-6-8-27-9-7-23/h2-5,11H,6-10,12-13H2,1H3,(H,21,25). The molecule has 2 aromatic rings. The molecule has 8 heteroatoms. The molecule has 27 heavy (non-hydrogen) atoms. The molecule has 2 amide bonds. The van der Waals surface area contributed by atoms with Gasteiger partial charge in [-0.3, -0.25) is 0 Å². The van der Waals surface area contributed by atoms with Gasteiger partial charge in [-0.25, -0.2) is 14.8 Å². The third kappa shape index (κ3) is 3.95. The quantitative estimate of drug-likeness (QED) is 0.881. The Morgan fingerprint density at radius 1 is 1.22 bits per heavy atom. The van der Waals surface area contributed by atoms with E-state index >= 15 is 0 Å². The Balaban J connectivity index is 1.34. The number of fused-ring (bicyclic) bond motifs is 1. The molecule has 1 aromatic heterocycles. The number of nitrogens with zero attached hydrogens (tertiary/aromatic N) is 4. The highest BCUT2D eigenvalue weighted by molar-refractivity contribution is 5.75. The largest absolute Gasteiger partial charge is 0.497 e. The van der Waals surface area contributed by atoms with Gasteiger partial charge in [0.15, 0.2) is 0 Å². The predicted octanol–water partition coefficient (Wildman–Crippen LogP) is 1.55. The lowest BCUT2D eigenvalue weighted by molar-refractivity contribution is 0.122. The van der Waals surface area contributed by atoms with Crippen LogP contribution in [0, 0.1) is 0 Å². The van der Waals surface area contributed by atoms with E-state index in [4.69, 9.17) is 9.47 Å². The molecule has 4 rings (SSSR count). The number of morpholine rings is 1. The van der Waals surface area contributed by atoms with E-state index in [1.54, 1.807) is 12.0 Å². The Hall–Kier alpha value is -2.87. The summed E-state index contributed by atoms with van der Waals surface area (Å²) in [7, 11) is 1.63. The fourth-order valence-corrected chi connectivity index (χ4v) is 3.24. The minimum atomic E-state index is -0.100. The molecule has 1 saturated heterocycles. The van der Waals surface area contributed by atoms with Crippen molar-refractivity contribution >= 4 is 12.0 Å². The summed E-state index contributed by atoms with van der Waals surface area (Å²) in [4.78, 5) is 25.5. The monoisotopic (exact) mass is 369 g/mol. The van der Waals surface area contributed by atoms with Crippen LogP contribution in [0.2, 0.25) is 0 Å². The third-order valence-electron chi connectivity index (χ3n) is 4.83. The van der Waals surface area contributed by atoms with Crippen molar-refractivity contribution in [3.05, 3.63) is 47.3 Å². The van der Waals surface area contributed by atoms with E-state index in [0.717, 1.165) is 41.6 Å². The van der Waals surface area contributed by atoms with Crippen molar-refractivity contribution in [2.75, 3.05) is 38.3 Å². The van der Waals surface area contributed by atoms with Crippen molar-refractivity contribution in [2.24, 2.45) is 0 Å². The first-order valence-corrected chi connectivity index (χ1v) is 9.06. The van der Waals surface area contributed by atoms with Gasteiger partial charge in [-0.05, 0) is 17.7 Å². The van der Waals surface area contributed by atoms with Crippen LogP contribution in [0.5, 0.6) is 5.75 Å². The van der Waals surface area contributed by atoms with Gasteiger partial charge < -0.3 is 24.6 Å². The Morgan fingerprint density at radius 2 is 2.00 bits per heavy atom. The first kappa shape index (κ1) is 17.5.